The smallest absolute Gasteiger partial charge is 0.251 e. The Bertz CT molecular complexity index is 739. The maximum Gasteiger partial charge on any atom is 0.251 e. The van der Waals surface area contributed by atoms with Gasteiger partial charge in [-0.2, -0.15) is 4.31 Å². The number of amides is 2. The highest BCUT2D eigenvalue weighted by Gasteiger charge is 2.29. The number of piperazine rings is 1. The van der Waals surface area contributed by atoms with Crippen LogP contribution in [0.4, 0.5) is 0 Å². The Morgan fingerprint density at radius 2 is 1.63 bits per heavy atom. The van der Waals surface area contributed by atoms with Crippen LogP contribution in [-0.2, 0) is 14.8 Å². The van der Waals surface area contributed by atoms with Gasteiger partial charge in [-0.3, -0.25) is 9.59 Å². The van der Waals surface area contributed by atoms with E-state index >= 15 is 0 Å². The van der Waals surface area contributed by atoms with Crippen LogP contribution in [0.5, 0.6) is 0 Å². The van der Waals surface area contributed by atoms with Gasteiger partial charge in [0.1, 0.15) is 0 Å². The monoisotopic (exact) mass is 395 g/mol. The molecule has 1 fully saturated rings. The number of hydrogen-bond donors (Lipinski definition) is 1. The Hall–Kier alpha value is -1.93. The SMILES string of the molecule is CCCCCCNC(=O)c1ccc(S(=O)(=O)N2CCN(C(C)=O)CC2)cc1. The van der Waals surface area contributed by atoms with Gasteiger partial charge in [0.05, 0.1) is 4.90 Å². The van der Waals surface area contributed by atoms with Crippen LogP contribution in [0.25, 0.3) is 0 Å². The molecule has 0 bridgehead atoms. The van der Waals surface area contributed by atoms with Crippen LogP contribution >= 0.6 is 0 Å². The van der Waals surface area contributed by atoms with E-state index < -0.39 is 10.0 Å². The van der Waals surface area contributed by atoms with E-state index in [2.05, 4.69) is 12.2 Å². The molecule has 7 nitrogen and oxygen atoms in total. The predicted molar refractivity (Wildman–Crippen MR) is 104 cm³/mol. The summed E-state index contributed by atoms with van der Waals surface area (Å²) >= 11 is 0. The molecule has 0 saturated carbocycles. The van der Waals surface area contributed by atoms with Crippen LogP contribution in [0, 0.1) is 0 Å². The van der Waals surface area contributed by atoms with Gasteiger partial charge in [-0.25, -0.2) is 8.42 Å². The van der Waals surface area contributed by atoms with Crippen molar-refractivity contribution in [3.63, 3.8) is 0 Å². The van der Waals surface area contributed by atoms with E-state index in [1.807, 2.05) is 0 Å². The molecular formula is C19H29N3O4S. The second-order valence-corrected chi connectivity index (χ2v) is 8.69. The summed E-state index contributed by atoms with van der Waals surface area (Å²) in [6.45, 7) is 5.60. The van der Waals surface area contributed by atoms with Crippen LogP contribution in [0.3, 0.4) is 0 Å². The van der Waals surface area contributed by atoms with Gasteiger partial charge in [0.25, 0.3) is 5.91 Å². The van der Waals surface area contributed by atoms with Gasteiger partial charge in [-0.15, -0.1) is 0 Å². The fourth-order valence-electron chi connectivity index (χ4n) is 3.03. The van der Waals surface area contributed by atoms with E-state index in [0.29, 0.717) is 25.2 Å². The number of unbranched alkanes of at least 4 members (excludes halogenated alkanes) is 3. The van der Waals surface area contributed by atoms with Gasteiger partial charge in [0.15, 0.2) is 0 Å². The molecule has 1 N–H and O–H groups in total. The van der Waals surface area contributed by atoms with E-state index in [9.17, 15) is 18.0 Å². The molecule has 0 atom stereocenters. The summed E-state index contributed by atoms with van der Waals surface area (Å²) in [7, 11) is -3.62. The summed E-state index contributed by atoms with van der Waals surface area (Å²) in [6, 6.07) is 6.03. The molecule has 0 aliphatic carbocycles. The first kappa shape index (κ1) is 21.4. The number of rotatable bonds is 8. The van der Waals surface area contributed by atoms with Gasteiger partial charge in [-0.1, -0.05) is 26.2 Å². The summed E-state index contributed by atoms with van der Waals surface area (Å²) in [5, 5.41) is 2.86. The molecule has 150 valence electrons. The van der Waals surface area contributed by atoms with Gasteiger partial charge in [0.2, 0.25) is 15.9 Å². The normalized spacial score (nSPS) is 15.6. The van der Waals surface area contributed by atoms with E-state index in [1.54, 1.807) is 17.0 Å². The fourth-order valence-corrected chi connectivity index (χ4v) is 4.45. The van der Waals surface area contributed by atoms with E-state index in [4.69, 9.17) is 0 Å². The highest BCUT2D eigenvalue weighted by atomic mass is 32.2. The predicted octanol–water partition coefficient (Wildman–Crippen LogP) is 1.85. The number of benzene rings is 1. The summed E-state index contributed by atoms with van der Waals surface area (Å²) in [4.78, 5) is 25.3. The first-order chi connectivity index (χ1) is 12.9. The van der Waals surface area contributed by atoms with Crippen molar-refractivity contribution in [3.8, 4) is 0 Å². The van der Waals surface area contributed by atoms with Gasteiger partial charge in [0, 0.05) is 45.2 Å². The average molecular weight is 396 g/mol. The van der Waals surface area contributed by atoms with Crippen molar-refractivity contribution in [2.45, 2.75) is 44.4 Å². The highest BCUT2D eigenvalue weighted by molar-refractivity contribution is 7.89. The van der Waals surface area contributed by atoms with Gasteiger partial charge >= 0.3 is 0 Å². The van der Waals surface area contributed by atoms with Crippen molar-refractivity contribution in [3.05, 3.63) is 29.8 Å². The van der Waals surface area contributed by atoms with Crippen molar-refractivity contribution in [2.75, 3.05) is 32.7 Å². The Morgan fingerprint density at radius 3 is 2.19 bits per heavy atom. The van der Waals surface area contributed by atoms with E-state index in [-0.39, 0.29) is 29.8 Å². The van der Waals surface area contributed by atoms with Crippen LogP contribution in [0.15, 0.2) is 29.2 Å². The second kappa shape index (κ2) is 9.85. The largest absolute Gasteiger partial charge is 0.352 e. The molecule has 1 saturated heterocycles. The molecule has 2 amide bonds. The molecule has 1 aliphatic heterocycles. The van der Waals surface area contributed by atoms with E-state index in [1.165, 1.54) is 23.4 Å². The molecule has 0 aromatic heterocycles. The zero-order valence-corrected chi connectivity index (χ0v) is 16.9. The zero-order chi connectivity index (χ0) is 19.9. The molecular weight excluding hydrogens is 366 g/mol. The molecule has 0 radical (unpaired) electrons. The fraction of sp³-hybridized carbons (Fsp3) is 0.579. The number of hydrogen-bond acceptors (Lipinski definition) is 4. The third kappa shape index (κ3) is 5.77. The molecule has 1 heterocycles. The molecule has 0 spiro atoms. The van der Waals surface area contributed by atoms with E-state index in [0.717, 1.165) is 25.7 Å². The highest BCUT2D eigenvalue weighted by Crippen LogP contribution is 2.18. The number of sulfonamides is 1. The molecule has 0 unspecified atom stereocenters. The molecule has 27 heavy (non-hydrogen) atoms. The van der Waals surface area contributed by atoms with Crippen molar-refractivity contribution in [1.29, 1.82) is 0 Å². The summed E-state index contributed by atoms with van der Waals surface area (Å²) in [5.41, 5.74) is 0.450. The third-order valence-electron chi connectivity index (χ3n) is 4.75. The second-order valence-electron chi connectivity index (χ2n) is 6.75. The quantitative estimate of drug-likeness (QED) is 0.681. The summed E-state index contributed by atoms with van der Waals surface area (Å²) < 4.78 is 26.9. The van der Waals surface area contributed by atoms with Crippen LogP contribution < -0.4 is 5.32 Å². The van der Waals surface area contributed by atoms with Crippen molar-refractivity contribution < 1.29 is 18.0 Å². The zero-order valence-electron chi connectivity index (χ0n) is 16.1. The van der Waals surface area contributed by atoms with Crippen molar-refractivity contribution >= 4 is 21.8 Å². The van der Waals surface area contributed by atoms with Crippen molar-refractivity contribution in [1.82, 2.24) is 14.5 Å². The van der Waals surface area contributed by atoms with Crippen LogP contribution in [0.1, 0.15) is 49.9 Å². The lowest BCUT2D eigenvalue weighted by Gasteiger charge is -2.33. The number of carbonyl (C=O) groups excluding carboxylic acids is 2. The number of nitrogens with one attached hydrogen (secondary N) is 1. The lowest BCUT2D eigenvalue weighted by Crippen LogP contribution is -2.49. The first-order valence-corrected chi connectivity index (χ1v) is 10.9. The molecule has 1 aromatic carbocycles. The minimum Gasteiger partial charge on any atom is -0.352 e. The minimum atomic E-state index is -3.62. The Balaban J connectivity index is 1.93. The summed E-state index contributed by atoms with van der Waals surface area (Å²) in [5.74, 6) is -0.234. The Morgan fingerprint density at radius 1 is 1.00 bits per heavy atom. The molecule has 2 rings (SSSR count). The van der Waals surface area contributed by atoms with Crippen molar-refractivity contribution in [2.24, 2.45) is 0 Å². The number of carbonyl (C=O) groups is 2. The molecule has 1 aliphatic rings. The number of nitrogens with zero attached hydrogens (tertiary/aromatic N) is 2. The topological polar surface area (TPSA) is 86.8 Å². The molecule has 1 aromatic rings. The Kier molecular flexibility index (Phi) is 7.79. The van der Waals surface area contributed by atoms with Crippen LogP contribution in [-0.4, -0.2) is 62.2 Å². The lowest BCUT2D eigenvalue weighted by molar-refractivity contribution is -0.129. The average Bonchev–Trinajstić information content (AvgIpc) is 2.67. The Labute approximate surface area is 161 Å². The maximum atomic E-state index is 12.7. The standard InChI is InChI=1S/C19H29N3O4S/c1-3-4-5-6-11-20-19(24)17-7-9-18(10-8-17)27(25,26)22-14-12-21(13-15-22)16(2)23/h7-10H,3-6,11-15H2,1-2H3,(H,20,24). The lowest BCUT2D eigenvalue weighted by atomic mass is 10.2. The summed E-state index contributed by atoms with van der Waals surface area (Å²) in [6.07, 6.45) is 4.33. The third-order valence-corrected chi connectivity index (χ3v) is 6.67. The molecule has 8 heteroatoms. The van der Waals surface area contributed by atoms with Gasteiger partial charge < -0.3 is 10.2 Å². The van der Waals surface area contributed by atoms with Gasteiger partial charge in [-0.05, 0) is 30.7 Å². The maximum absolute atomic E-state index is 12.7. The van der Waals surface area contributed by atoms with Crippen LogP contribution in [0.2, 0.25) is 0 Å². The first-order valence-electron chi connectivity index (χ1n) is 9.50. The minimum absolute atomic E-state index is 0.0443.